The number of hydrogen-bond acceptors (Lipinski definition) is 2. The Balaban J connectivity index is 1.80. The molecular weight excluding hydrogens is 349 g/mol. The van der Waals surface area contributed by atoms with E-state index in [2.05, 4.69) is 59.2 Å². The van der Waals surface area contributed by atoms with Crippen LogP contribution in [0, 0.1) is 9.49 Å². The fourth-order valence-electron chi connectivity index (χ4n) is 3.64. The monoisotopic (exact) mass is 371 g/mol. The summed E-state index contributed by atoms with van der Waals surface area (Å²) < 4.78 is 7.43. The fraction of sp³-hybridized carbons (Fsp3) is 0.625. The summed E-state index contributed by atoms with van der Waals surface area (Å²) in [6.45, 7) is 0.937. The van der Waals surface area contributed by atoms with E-state index in [1.807, 2.05) is 0 Å². The SMILES string of the molecule is CNC(c1ccccc1I)C1CCOC2(CCC2)C1. The van der Waals surface area contributed by atoms with Crippen molar-refractivity contribution >= 4 is 22.6 Å². The van der Waals surface area contributed by atoms with E-state index in [1.54, 1.807) is 0 Å². The molecule has 1 heterocycles. The third-order valence-corrected chi connectivity index (χ3v) is 5.80. The van der Waals surface area contributed by atoms with Crippen molar-refractivity contribution in [1.29, 1.82) is 0 Å². The van der Waals surface area contributed by atoms with Crippen LogP contribution < -0.4 is 5.32 Å². The highest BCUT2D eigenvalue weighted by atomic mass is 127. The number of ether oxygens (including phenoxy) is 1. The van der Waals surface area contributed by atoms with Crippen LogP contribution in [0.4, 0.5) is 0 Å². The molecule has 2 atom stereocenters. The van der Waals surface area contributed by atoms with Gasteiger partial charge in [-0.3, -0.25) is 0 Å². The van der Waals surface area contributed by atoms with Crippen LogP contribution in [0.2, 0.25) is 0 Å². The molecule has 0 amide bonds. The Morgan fingerprint density at radius 3 is 2.79 bits per heavy atom. The van der Waals surface area contributed by atoms with E-state index < -0.39 is 0 Å². The lowest BCUT2D eigenvalue weighted by atomic mass is 9.69. The normalized spacial score (nSPS) is 26.9. The van der Waals surface area contributed by atoms with Gasteiger partial charge < -0.3 is 10.1 Å². The molecule has 0 bridgehead atoms. The average Bonchev–Trinajstić information content (AvgIpc) is 2.40. The van der Waals surface area contributed by atoms with Crippen LogP contribution in [-0.2, 0) is 4.74 Å². The summed E-state index contributed by atoms with van der Waals surface area (Å²) in [7, 11) is 2.09. The number of rotatable bonds is 3. The highest BCUT2D eigenvalue weighted by Crippen LogP contribution is 2.47. The molecule has 1 aliphatic heterocycles. The predicted octanol–water partition coefficient (Wildman–Crippen LogP) is 3.90. The zero-order valence-electron chi connectivity index (χ0n) is 11.5. The highest BCUT2D eigenvalue weighted by molar-refractivity contribution is 14.1. The second-order valence-electron chi connectivity index (χ2n) is 5.93. The lowest BCUT2D eigenvalue weighted by Gasteiger charge is -2.49. The quantitative estimate of drug-likeness (QED) is 0.814. The topological polar surface area (TPSA) is 21.3 Å². The largest absolute Gasteiger partial charge is 0.375 e. The predicted molar refractivity (Wildman–Crippen MR) is 86.2 cm³/mol. The van der Waals surface area contributed by atoms with Gasteiger partial charge in [-0.1, -0.05) is 18.2 Å². The second-order valence-corrected chi connectivity index (χ2v) is 7.09. The van der Waals surface area contributed by atoms with Gasteiger partial charge in [-0.15, -0.1) is 0 Å². The van der Waals surface area contributed by atoms with E-state index >= 15 is 0 Å². The maximum Gasteiger partial charge on any atom is 0.0686 e. The van der Waals surface area contributed by atoms with Crippen molar-refractivity contribution < 1.29 is 4.74 Å². The molecule has 19 heavy (non-hydrogen) atoms. The van der Waals surface area contributed by atoms with Crippen LogP contribution in [0.5, 0.6) is 0 Å². The van der Waals surface area contributed by atoms with Crippen molar-refractivity contribution in [3.63, 3.8) is 0 Å². The number of benzene rings is 1. The molecule has 0 radical (unpaired) electrons. The minimum absolute atomic E-state index is 0.234. The zero-order valence-corrected chi connectivity index (χ0v) is 13.7. The van der Waals surface area contributed by atoms with Crippen molar-refractivity contribution in [2.24, 2.45) is 5.92 Å². The summed E-state index contributed by atoms with van der Waals surface area (Å²) in [4.78, 5) is 0. The molecule has 1 spiro atoms. The van der Waals surface area contributed by atoms with Crippen LogP contribution in [0.25, 0.3) is 0 Å². The maximum absolute atomic E-state index is 6.06. The minimum atomic E-state index is 0.234. The molecule has 1 N–H and O–H groups in total. The average molecular weight is 371 g/mol. The van der Waals surface area contributed by atoms with Gasteiger partial charge in [-0.05, 0) is 79.3 Å². The minimum Gasteiger partial charge on any atom is -0.375 e. The van der Waals surface area contributed by atoms with Crippen molar-refractivity contribution in [1.82, 2.24) is 5.32 Å². The van der Waals surface area contributed by atoms with E-state index in [9.17, 15) is 0 Å². The van der Waals surface area contributed by atoms with Crippen LogP contribution in [-0.4, -0.2) is 19.3 Å². The Morgan fingerprint density at radius 2 is 2.16 bits per heavy atom. The van der Waals surface area contributed by atoms with Gasteiger partial charge in [-0.2, -0.15) is 0 Å². The molecule has 0 aromatic heterocycles. The summed E-state index contributed by atoms with van der Waals surface area (Å²) in [6, 6.07) is 9.22. The number of nitrogens with one attached hydrogen (secondary N) is 1. The molecule has 3 rings (SSSR count). The summed E-state index contributed by atoms with van der Waals surface area (Å²) in [5.74, 6) is 0.704. The third kappa shape index (κ3) is 2.69. The van der Waals surface area contributed by atoms with Gasteiger partial charge in [0.25, 0.3) is 0 Å². The fourth-order valence-corrected chi connectivity index (χ4v) is 4.37. The molecule has 2 nitrogen and oxygen atoms in total. The molecule has 2 fully saturated rings. The first kappa shape index (κ1) is 13.8. The molecular formula is C16H22INO. The number of hydrogen-bond donors (Lipinski definition) is 1. The van der Waals surface area contributed by atoms with Gasteiger partial charge in [0, 0.05) is 16.2 Å². The Hall–Kier alpha value is -0.130. The number of halogens is 1. The molecule has 104 valence electrons. The summed E-state index contributed by atoms with van der Waals surface area (Å²) in [6.07, 6.45) is 6.29. The highest BCUT2D eigenvalue weighted by Gasteiger charge is 2.44. The van der Waals surface area contributed by atoms with Gasteiger partial charge in [0.15, 0.2) is 0 Å². The Labute approximate surface area is 129 Å². The molecule has 1 aromatic rings. The summed E-state index contributed by atoms with van der Waals surface area (Å²) >= 11 is 2.46. The standard InChI is InChI=1S/C16H22INO/c1-18-15(13-5-2-3-6-14(13)17)12-7-10-19-16(11-12)8-4-9-16/h2-3,5-6,12,15,18H,4,7-11H2,1H3. The molecule has 2 unspecified atom stereocenters. The Morgan fingerprint density at radius 1 is 1.37 bits per heavy atom. The van der Waals surface area contributed by atoms with E-state index in [-0.39, 0.29) is 5.60 Å². The smallest absolute Gasteiger partial charge is 0.0686 e. The van der Waals surface area contributed by atoms with E-state index in [0.29, 0.717) is 12.0 Å². The van der Waals surface area contributed by atoms with E-state index in [0.717, 1.165) is 6.61 Å². The van der Waals surface area contributed by atoms with Crippen molar-refractivity contribution in [2.75, 3.05) is 13.7 Å². The van der Waals surface area contributed by atoms with Crippen molar-refractivity contribution in [3.8, 4) is 0 Å². The molecule has 1 saturated carbocycles. The van der Waals surface area contributed by atoms with E-state index in [4.69, 9.17) is 4.74 Å². The first-order valence-electron chi connectivity index (χ1n) is 7.30. The van der Waals surface area contributed by atoms with Gasteiger partial charge in [0.05, 0.1) is 5.60 Å². The zero-order chi connectivity index (χ0) is 13.3. The molecule has 1 aromatic carbocycles. The Bertz CT molecular complexity index is 444. The van der Waals surface area contributed by atoms with Gasteiger partial charge in [-0.25, -0.2) is 0 Å². The van der Waals surface area contributed by atoms with Crippen LogP contribution >= 0.6 is 22.6 Å². The first-order valence-corrected chi connectivity index (χ1v) is 8.38. The molecule has 1 saturated heterocycles. The maximum atomic E-state index is 6.06. The van der Waals surface area contributed by atoms with Crippen LogP contribution in [0.1, 0.15) is 43.7 Å². The second kappa shape index (κ2) is 5.70. The molecule has 1 aliphatic carbocycles. The lowest BCUT2D eigenvalue weighted by Crippen LogP contribution is -2.47. The van der Waals surface area contributed by atoms with Crippen molar-refractivity contribution in [3.05, 3.63) is 33.4 Å². The van der Waals surface area contributed by atoms with Crippen LogP contribution in [0.15, 0.2) is 24.3 Å². The Kier molecular flexibility index (Phi) is 4.15. The molecule has 2 aliphatic rings. The van der Waals surface area contributed by atoms with Gasteiger partial charge in [0.2, 0.25) is 0 Å². The lowest BCUT2D eigenvalue weighted by molar-refractivity contribution is -0.147. The van der Waals surface area contributed by atoms with Crippen LogP contribution in [0.3, 0.4) is 0 Å². The summed E-state index contributed by atoms with van der Waals surface area (Å²) in [5.41, 5.74) is 1.69. The third-order valence-electron chi connectivity index (χ3n) is 4.82. The summed E-state index contributed by atoms with van der Waals surface area (Å²) in [5, 5.41) is 3.55. The van der Waals surface area contributed by atoms with E-state index in [1.165, 1.54) is 41.2 Å². The van der Waals surface area contributed by atoms with Crippen molar-refractivity contribution in [2.45, 2.75) is 43.7 Å². The molecule has 3 heteroatoms. The van der Waals surface area contributed by atoms with Gasteiger partial charge >= 0.3 is 0 Å². The van der Waals surface area contributed by atoms with Gasteiger partial charge in [0.1, 0.15) is 0 Å². The first-order chi connectivity index (χ1) is 9.24.